The summed E-state index contributed by atoms with van der Waals surface area (Å²) in [6.45, 7) is 3.20. The van der Waals surface area contributed by atoms with Gasteiger partial charge in [0.25, 0.3) is 0 Å². The van der Waals surface area contributed by atoms with E-state index in [1.807, 2.05) is 0 Å². The van der Waals surface area contributed by atoms with Crippen molar-refractivity contribution in [1.29, 1.82) is 0 Å². The highest BCUT2D eigenvalue weighted by atomic mass is 16.7. The number of carbonyl (C=O) groups excluding carboxylic acids is 4. The van der Waals surface area contributed by atoms with Crippen molar-refractivity contribution in [3.63, 3.8) is 0 Å². The van der Waals surface area contributed by atoms with Gasteiger partial charge in [0.05, 0.1) is 24.9 Å². The van der Waals surface area contributed by atoms with Crippen LogP contribution in [0.25, 0.3) is 0 Å². The predicted octanol–water partition coefficient (Wildman–Crippen LogP) is 0.580. The molecule has 0 aliphatic carbocycles. The zero-order valence-corrected chi connectivity index (χ0v) is 16.9. The van der Waals surface area contributed by atoms with Gasteiger partial charge < -0.3 is 28.8 Å². The molecule has 1 saturated heterocycles. The molecule has 0 aromatic carbocycles. The van der Waals surface area contributed by atoms with E-state index in [1.165, 1.54) is 20.8 Å². The normalized spacial score (nSPS) is 31.1. The molecule has 8 atom stereocenters. The Labute approximate surface area is 174 Å². The molecular formula is C19H30O10. The molecule has 4 unspecified atom stereocenters. The van der Waals surface area contributed by atoms with Crippen LogP contribution in [0.4, 0.5) is 0 Å². The van der Waals surface area contributed by atoms with Crippen molar-refractivity contribution in [1.82, 2.24) is 0 Å². The number of rotatable bonds is 7. The standard InChI is InChI=1S/C19H30O10/c1-8(2)15(20)26-11-12(27-16(21)9(3)4)14(28-17(22)10(5)6)19(24)29-13(11)18(23)25-7/h8-14,19,24H,1-7H3/t11-,12-,13-,14+,19?/m0/s1/i1D,3D,5D/t8?,9?,10?,11-,12-,13-,14+,19?. The maximum Gasteiger partial charge on any atom is 0.339 e. The van der Waals surface area contributed by atoms with Gasteiger partial charge in [-0.1, -0.05) is 41.5 Å². The summed E-state index contributed by atoms with van der Waals surface area (Å²) < 4.78 is 47.7. The summed E-state index contributed by atoms with van der Waals surface area (Å²) in [6, 6.07) is 0. The second-order valence-electron chi connectivity index (χ2n) is 6.88. The van der Waals surface area contributed by atoms with Crippen molar-refractivity contribution < 1.29 is 52.1 Å². The lowest BCUT2D eigenvalue weighted by atomic mass is 9.97. The van der Waals surface area contributed by atoms with Crippen LogP contribution in [-0.4, -0.2) is 66.8 Å². The van der Waals surface area contributed by atoms with Crippen LogP contribution in [0, 0.1) is 17.8 Å². The van der Waals surface area contributed by atoms with Crippen molar-refractivity contribution in [2.45, 2.75) is 72.2 Å². The molecule has 10 heteroatoms. The van der Waals surface area contributed by atoms with Crippen LogP contribution >= 0.6 is 0 Å². The van der Waals surface area contributed by atoms with E-state index in [4.69, 9.17) is 23.1 Å². The van der Waals surface area contributed by atoms with E-state index in [1.54, 1.807) is 0 Å². The van der Waals surface area contributed by atoms with Crippen molar-refractivity contribution >= 4 is 23.9 Å². The van der Waals surface area contributed by atoms with Crippen LogP contribution in [0.2, 0.25) is 0 Å². The summed E-state index contributed by atoms with van der Waals surface area (Å²) in [4.78, 5) is 49.3. The van der Waals surface area contributed by atoms with Gasteiger partial charge in [-0.25, -0.2) is 4.79 Å². The van der Waals surface area contributed by atoms with Gasteiger partial charge in [0, 0.05) is 4.11 Å². The Kier molecular flexibility index (Phi) is 7.30. The maximum absolute atomic E-state index is 12.4. The van der Waals surface area contributed by atoms with E-state index in [2.05, 4.69) is 4.74 Å². The molecule has 1 fully saturated rings. The highest BCUT2D eigenvalue weighted by molar-refractivity contribution is 5.78. The van der Waals surface area contributed by atoms with Gasteiger partial charge in [0.1, 0.15) is 0 Å². The fraction of sp³-hybridized carbons (Fsp3) is 0.789. The summed E-state index contributed by atoms with van der Waals surface area (Å²) in [5.41, 5.74) is 0. The number of hydrogen-bond donors (Lipinski definition) is 1. The molecule has 1 rings (SSSR count). The second-order valence-corrected chi connectivity index (χ2v) is 6.88. The molecule has 0 aromatic rings. The predicted molar refractivity (Wildman–Crippen MR) is 97.0 cm³/mol. The van der Waals surface area contributed by atoms with Crippen LogP contribution in [-0.2, 0) is 42.9 Å². The van der Waals surface area contributed by atoms with E-state index in [-0.39, 0.29) is 20.7 Å². The molecule has 0 amide bonds. The Morgan fingerprint density at radius 3 is 1.66 bits per heavy atom. The van der Waals surface area contributed by atoms with Crippen LogP contribution in [0.1, 0.15) is 45.6 Å². The number of aliphatic hydroxyl groups is 1. The first-order chi connectivity index (χ1) is 15.0. The molecule has 1 aliphatic heterocycles. The highest BCUT2D eigenvalue weighted by Gasteiger charge is 2.55. The lowest BCUT2D eigenvalue weighted by Crippen LogP contribution is -2.63. The molecule has 10 nitrogen and oxygen atoms in total. The van der Waals surface area contributed by atoms with E-state index in [9.17, 15) is 24.3 Å². The quantitative estimate of drug-likeness (QED) is 0.459. The van der Waals surface area contributed by atoms with Crippen LogP contribution in [0.3, 0.4) is 0 Å². The van der Waals surface area contributed by atoms with E-state index in [0.717, 1.165) is 7.11 Å². The van der Waals surface area contributed by atoms with Gasteiger partial charge >= 0.3 is 23.9 Å². The van der Waals surface area contributed by atoms with Crippen LogP contribution in [0.15, 0.2) is 0 Å². The lowest BCUT2D eigenvalue weighted by Gasteiger charge is -2.42. The van der Waals surface area contributed by atoms with Crippen LogP contribution < -0.4 is 0 Å². The second kappa shape index (κ2) is 10.5. The van der Waals surface area contributed by atoms with E-state index in [0.29, 0.717) is 0 Å². The number of methoxy groups -OCH3 is 1. The molecule has 1 heterocycles. The Morgan fingerprint density at radius 2 is 1.24 bits per heavy atom. The van der Waals surface area contributed by atoms with Crippen molar-refractivity contribution in [2.75, 3.05) is 7.11 Å². The number of ether oxygens (including phenoxy) is 5. The maximum atomic E-state index is 12.4. The third-order valence-corrected chi connectivity index (χ3v) is 3.91. The summed E-state index contributed by atoms with van der Waals surface area (Å²) in [6.07, 6.45) is -8.77. The molecule has 29 heavy (non-hydrogen) atoms. The molecule has 0 aromatic heterocycles. The first-order valence-electron chi connectivity index (χ1n) is 11.0. The smallest absolute Gasteiger partial charge is 0.339 e. The third-order valence-electron chi connectivity index (χ3n) is 3.91. The Morgan fingerprint density at radius 1 is 0.828 bits per heavy atom. The van der Waals surface area contributed by atoms with E-state index >= 15 is 0 Å². The first-order valence-corrected chi connectivity index (χ1v) is 8.92. The zero-order chi connectivity index (χ0) is 24.6. The molecule has 0 saturated carbocycles. The Hall–Kier alpha value is -2.20. The topological polar surface area (TPSA) is 135 Å². The molecule has 166 valence electrons. The van der Waals surface area contributed by atoms with Gasteiger partial charge in [-0.3, -0.25) is 14.4 Å². The van der Waals surface area contributed by atoms with Crippen molar-refractivity contribution in [2.24, 2.45) is 17.8 Å². The zero-order valence-electron chi connectivity index (χ0n) is 19.9. The average molecular weight is 421 g/mol. The minimum atomic E-state index is -1.96. The van der Waals surface area contributed by atoms with Gasteiger partial charge in [0.15, 0.2) is 30.7 Å². The average Bonchev–Trinajstić information content (AvgIpc) is 2.79. The van der Waals surface area contributed by atoms with Gasteiger partial charge in [-0.05, 0) is 0 Å². The first kappa shape index (κ1) is 20.1. The van der Waals surface area contributed by atoms with Crippen LogP contribution in [0.5, 0.6) is 0 Å². The Bertz CT molecular complexity index is 676. The minimum Gasteiger partial charge on any atom is -0.467 e. The molecule has 1 N–H and O–H groups in total. The monoisotopic (exact) mass is 421 g/mol. The fourth-order valence-electron chi connectivity index (χ4n) is 2.27. The van der Waals surface area contributed by atoms with Gasteiger partial charge in [-0.2, -0.15) is 0 Å². The molecule has 0 spiro atoms. The summed E-state index contributed by atoms with van der Waals surface area (Å²) in [5.74, 6) is -6.53. The summed E-state index contributed by atoms with van der Waals surface area (Å²) in [5, 5.41) is 10.4. The highest BCUT2D eigenvalue weighted by Crippen LogP contribution is 2.30. The third kappa shape index (κ3) is 6.40. The van der Waals surface area contributed by atoms with Gasteiger partial charge in [-0.15, -0.1) is 0 Å². The number of carbonyl (C=O) groups is 4. The SMILES string of the molecule is [2H]CC(C)C(=O)O[C@H]1[C@H](OC(=O)C(C)C[2H])[C@@H](OC(=O)C(C)C[2H])C(O)O[C@@H]1C(=O)OC. The number of aliphatic hydroxyl groups excluding tert-OH is 1. The number of hydrogen-bond acceptors (Lipinski definition) is 10. The summed E-state index contributed by atoms with van der Waals surface area (Å²) in [7, 11) is 1.02. The minimum absolute atomic E-state index is 0.326. The number of esters is 4. The van der Waals surface area contributed by atoms with Crippen molar-refractivity contribution in [3.05, 3.63) is 0 Å². The molecule has 0 radical (unpaired) electrons. The summed E-state index contributed by atoms with van der Waals surface area (Å²) >= 11 is 0. The largest absolute Gasteiger partial charge is 0.467 e. The van der Waals surface area contributed by atoms with Gasteiger partial charge in [0.2, 0.25) is 0 Å². The molecule has 0 bridgehead atoms. The fourth-order valence-corrected chi connectivity index (χ4v) is 2.27. The molecular weight excluding hydrogens is 388 g/mol. The molecule has 1 aliphatic rings. The lowest BCUT2D eigenvalue weighted by molar-refractivity contribution is -0.292. The van der Waals surface area contributed by atoms with Crippen molar-refractivity contribution in [3.8, 4) is 0 Å². The Balaban J connectivity index is 3.40. The van der Waals surface area contributed by atoms with E-state index < -0.39 is 72.3 Å².